The normalized spacial score (nSPS) is 11.2. The molecule has 146 valence electrons. The number of unbranched alkanes of at least 4 members (excludes halogenated alkanes) is 18. The summed E-state index contributed by atoms with van der Waals surface area (Å²) in [5.41, 5.74) is 0. The first-order valence-corrected chi connectivity index (χ1v) is 12.6. The molecule has 0 nitrogen and oxygen atoms in total. The zero-order valence-corrected chi connectivity index (χ0v) is 18.1. The van der Waals surface area contributed by atoms with Gasteiger partial charge in [-0.25, -0.2) is 0 Å². The largest absolute Gasteiger partial charge is 0.162 e. The molecule has 0 radical (unpaired) electrons. The predicted molar refractivity (Wildman–Crippen MR) is 116 cm³/mol. The molecule has 0 heterocycles. The van der Waals surface area contributed by atoms with Gasteiger partial charge in [-0.05, 0) is 17.9 Å². The molecule has 0 aromatic carbocycles. The lowest BCUT2D eigenvalue weighted by Crippen LogP contribution is -1.85. The molecule has 0 aliphatic rings. The van der Waals surface area contributed by atoms with Crippen molar-refractivity contribution >= 4 is 11.8 Å². The summed E-state index contributed by atoms with van der Waals surface area (Å²) in [6.45, 7) is 4.56. The average molecular weight is 357 g/mol. The quantitative estimate of drug-likeness (QED) is 0.185. The molecule has 0 aliphatic carbocycles. The van der Waals surface area contributed by atoms with E-state index in [2.05, 4.69) is 25.6 Å². The molecular formula is C23H48S. The fourth-order valence-electron chi connectivity index (χ4n) is 3.43. The molecule has 0 atom stereocenters. The lowest BCUT2D eigenvalue weighted by Gasteiger charge is -2.04. The number of rotatable bonds is 21. The van der Waals surface area contributed by atoms with Crippen molar-refractivity contribution in [3.63, 3.8) is 0 Å². The van der Waals surface area contributed by atoms with Crippen LogP contribution in [-0.2, 0) is 0 Å². The zero-order valence-electron chi connectivity index (χ0n) is 17.3. The third-order valence-corrected chi connectivity index (χ3v) is 6.08. The van der Waals surface area contributed by atoms with E-state index in [4.69, 9.17) is 0 Å². The van der Waals surface area contributed by atoms with E-state index in [-0.39, 0.29) is 0 Å². The Morgan fingerprint density at radius 1 is 0.375 bits per heavy atom. The smallest absolute Gasteiger partial charge is 0.00676 e. The van der Waals surface area contributed by atoms with Gasteiger partial charge in [0.15, 0.2) is 0 Å². The second-order valence-corrected chi connectivity index (χ2v) is 8.95. The summed E-state index contributed by atoms with van der Waals surface area (Å²) in [6, 6.07) is 0. The molecule has 0 aromatic heterocycles. The lowest BCUT2D eigenvalue weighted by molar-refractivity contribution is 0.524. The maximum atomic E-state index is 2.30. The summed E-state index contributed by atoms with van der Waals surface area (Å²) >= 11 is 2.10. The summed E-state index contributed by atoms with van der Waals surface area (Å²) in [5, 5.41) is 0. The fourth-order valence-corrected chi connectivity index (χ4v) is 4.12. The summed E-state index contributed by atoms with van der Waals surface area (Å²) in [4.78, 5) is 0. The molecule has 0 amide bonds. The van der Waals surface area contributed by atoms with Crippen LogP contribution in [-0.4, -0.2) is 11.5 Å². The molecule has 0 aromatic rings. The average Bonchev–Trinajstić information content (AvgIpc) is 2.60. The SMILES string of the molecule is CCCCCCCCCCCCCCCCCCCCCSCC. The molecule has 0 spiro atoms. The van der Waals surface area contributed by atoms with Gasteiger partial charge in [0.05, 0.1) is 0 Å². The van der Waals surface area contributed by atoms with Crippen molar-refractivity contribution < 1.29 is 0 Å². The highest BCUT2D eigenvalue weighted by Gasteiger charge is 1.95. The van der Waals surface area contributed by atoms with Crippen LogP contribution in [0.1, 0.15) is 136 Å². The second kappa shape index (κ2) is 23.4. The van der Waals surface area contributed by atoms with Crippen molar-refractivity contribution in [1.82, 2.24) is 0 Å². The van der Waals surface area contributed by atoms with E-state index in [1.165, 1.54) is 134 Å². The van der Waals surface area contributed by atoms with Gasteiger partial charge < -0.3 is 0 Å². The van der Waals surface area contributed by atoms with Crippen molar-refractivity contribution in [3.05, 3.63) is 0 Å². The molecular weight excluding hydrogens is 308 g/mol. The molecule has 0 rings (SSSR count). The van der Waals surface area contributed by atoms with Gasteiger partial charge in [-0.1, -0.05) is 129 Å². The van der Waals surface area contributed by atoms with Crippen molar-refractivity contribution in [1.29, 1.82) is 0 Å². The number of hydrogen-bond donors (Lipinski definition) is 0. The highest BCUT2D eigenvalue weighted by molar-refractivity contribution is 7.99. The van der Waals surface area contributed by atoms with Crippen LogP contribution in [0.15, 0.2) is 0 Å². The molecule has 0 bridgehead atoms. The van der Waals surface area contributed by atoms with Crippen LogP contribution < -0.4 is 0 Å². The van der Waals surface area contributed by atoms with E-state index in [0.717, 1.165) is 0 Å². The third kappa shape index (κ3) is 22.4. The van der Waals surface area contributed by atoms with Gasteiger partial charge in [-0.2, -0.15) is 11.8 Å². The standard InChI is InChI=1S/C23H48S/c1-3-5-6-7-8-9-10-11-12-13-14-15-16-17-18-19-20-21-22-23-24-4-2/h3-23H2,1-2H3. The van der Waals surface area contributed by atoms with Crippen LogP contribution in [0.4, 0.5) is 0 Å². The van der Waals surface area contributed by atoms with E-state index in [1.807, 2.05) is 0 Å². The van der Waals surface area contributed by atoms with E-state index in [0.29, 0.717) is 0 Å². The van der Waals surface area contributed by atoms with Crippen molar-refractivity contribution in [2.45, 2.75) is 136 Å². The first-order valence-electron chi connectivity index (χ1n) is 11.5. The first kappa shape index (κ1) is 24.4. The number of hydrogen-bond acceptors (Lipinski definition) is 1. The van der Waals surface area contributed by atoms with Crippen LogP contribution >= 0.6 is 11.8 Å². The molecule has 0 saturated carbocycles. The Balaban J connectivity index is 2.93. The van der Waals surface area contributed by atoms with Gasteiger partial charge in [0.2, 0.25) is 0 Å². The maximum Gasteiger partial charge on any atom is -0.00676 e. The van der Waals surface area contributed by atoms with E-state index in [1.54, 1.807) is 0 Å². The zero-order chi connectivity index (χ0) is 17.6. The Hall–Kier alpha value is 0.350. The van der Waals surface area contributed by atoms with Gasteiger partial charge >= 0.3 is 0 Å². The third-order valence-electron chi connectivity index (χ3n) is 5.10. The van der Waals surface area contributed by atoms with Gasteiger partial charge in [-0.15, -0.1) is 0 Å². The maximum absolute atomic E-state index is 2.30. The second-order valence-electron chi connectivity index (χ2n) is 7.56. The molecule has 0 aliphatic heterocycles. The summed E-state index contributed by atoms with van der Waals surface area (Å²) in [7, 11) is 0. The van der Waals surface area contributed by atoms with Crippen molar-refractivity contribution in [2.24, 2.45) is 0 Å². The number of thioether (sulfide) groups is 1. The van der Waals surface area contributed by atoms with E-state index >= 15 is 0 Å². The Kier molecular flexibility index (Phi) is 23.7. The fraction of sp³-hybridized carbons (Fsp3) is 1.00. The van der Waals surface area contributed by atoms with Gasteiger partial charge in [0, 0.05) is 0 Å². The Morgan fingerprint density at radius 3 is 0.958 bits per heavy atom. The van der Waals surface area contributed by atoms with Crippen LogP contribution in [0.5, 0.6) is 0 Å². The molecule has 0 fully saturated rings. The lowest BCUT2D eigenvalue weighted by atomic mass is 10.0. The van der Waals surface area contributed by atoms with Crippen LogP contribution in [0.25, 0.3) is 0 Å². The monoisotopic (exact) mass is 356 g/mol. The van der Waals surface area contributed by atoms with Crippen LogP contribution in [0, 0.1) is 0 Å². The van der Waals surface area contributed by atoms with Crippen LogP contribution in [0.3, 0.4) is 0 Å². The summed E-state index contributed by atoms with van der Waals surface area (Å²) in [6.07, 6.45) is 28.0. The summed E-state index contributed by atoms with van der Waals surface area (Å²) in [5.74, 6) is 2.68. The molecule has 24 heavy (non-hydrogen) atoms. The Labute approximate surface area is 159 Å². The highest BCUT2D eigenvalue weighted by atomic mass is 32.2. The predicted octanol–water partition coefficient (Wildman–Crippen LogP) is 9.17. The van der Waals surface area contributed by atoms with Gasteiger partial charge in [0.1, 0.15) is 0 Å². The minimum absolute atomic E-state index is 1.29. The molecule has 1 heteroatoms. The Morgan fingerprint density at radius 2 is 0.667 bits per heavy atom. The van der Waals surface area contributed by atoms with Gasteiger partial charge in [0.25, 0.3) is 0 Å². The highest BCUT2D eigenvalue weighted by Crippen LogP contribution is 2.15. The van der Waals surface area contributed by atoms with E-state index in [9.17, 15) is 0 Å². The van der Waals surface area contributed by atoms with Crippen LogP contribution in [0.2, 0.25) is 0 Å². The topological polar surface area (TPSA) is 0 Å². The van der Waals surface area contributed by atoms with Gasteiger partial charge in [-0.3, -0.25) is 0 Å². The minimum Gasteiger partial charge on any atom is -0.162 e. The Bertz CT molecular complexity index is 180. The van der Waals surface area contributed by atoms with E-state index < -0.39 is 0 Å². The van der Waals surface area contributed by atoms with Crippen molar-refractivity contribution in [3.8, 4) is 0 Å². The molecule has 0 unspecified atom stereocenters. The van der Waals surface area contributed by atoms with Crippen molar-refractivity contribution in [2.75, 3.05) is 11.5 Å². The minimum atomic E-state index is 1.29. The summed E-state index contributed by atoms with van der Waals surface area (Å²) < 4.78 is 0. The molecule has 0 saturated heterocycles. The molecule has 0 N–H and O–H groups in total. The first-order chi connectivity index (χ1) is 11.9.